The van der Waals surface area contributed by atoms with Gasteiger partial charge in [0.05, 0.1) is 5.52 Å². The van der Waals surface area contributed by atoms with Crippen molar-refractivity contribution in [3.05, 3.63) is 83.5 Å². The minimum atomic E-state index is 0.589. The number of hydrogen-bond donors (Lipinski definition) is 0. The van der Waals surface area contributed by atoms with Gasteiger partial charge in [0.25, 0.3) is 0 Å². The van der Waals surface area contributed by atoms with Crippen LogP contribution in [0.2, 0.25) is 0 Å². The number of nitrogens with zero attached hydrogens (tertiary/aromatic N) is 2. The van der Waals surface area contributed by atoms with E-state index in [1.165, 1.54) is 5.56 Å². The summed E-state index contributed by atoms with van der Waals surface area (Å²) in [6, 6.07) is 26.7. The second kappa shape index (κ2) is 5.60. The Hall–Kier alpha value is -2.85. The van der Waals surface area contributed by atoms with Crippen molar-refractivity contribution in [1.82, 2.24) is 9.38 Å². The van der Waals surface area contributed by atoms with E-state index in [-0.39, 0.29) is 0 Å². The third-order valence-corrected chi connectivity index (χ3v) is 5.08. The summed E-state index contributed by atoms with van der Waals surface area (Å²) in [5, 5.41) is 0. The molecule has 5 aromatic rings. The Morgan fingerprint density at radius 2 is 1.44 bits per heavy atom. The quantitative estimate of drug-likeness (QED) is 0.361. The summed E-state index contributed by atoms with van der Waals surface area (Å²) in [6.07, 6.45) is 0. The predicted octanol–water partition coefficient (Wildman–Crippen LogP) is 6.18. The molecular weight excluding hydrogens is 376 g/mol. The number of oxazole rings is 1. The molecule has 2 heterocycles. The Labute approximate surface area is 152 Å². The van der Waals surface area contributed by atoms with Gasteiger partial charge in [0.2, 0.25) is 0 Å². The van der Waals surface area contributed by atoms with Crippen molar-refractivity contribution < 1.29 is 4.42 Å². The largest absolute Gasteiger partial charge is 0.423 e. The summed E-state index contributed by atoms with van der Waals surface area (Å²) < 4.78 is 8.87. The molecule has 0 atom stereocenters. The molecule has 5 rings (SSSR count). The first-order valence-electron chi connectivity index (χ1n) is 8.02. The van der Waals surface area contributed by atoms with E-state index in [0.29, 0.717) is 5.84 Å². The van der Waals surface area contributed by atoms with Crippen LogP contribution in [-0.4, -0.2) is 9.38 Å². The molecule has 0 unspecified atom stereocenters. The van der Waals surface area contributed by atoms with Crippen LogP contribution >= 0.6 is 15.9 Å². The van der Waals surface area contributed by atoms with Crippen molar-refractivity contribution in [3.63, 3.8) is 0 Å². The number of aromatic nitrogens is 2. The molecule has 0 aliphatic carbocycles. The minimum Gasteiger partial charge on any atom is -0.423 e. The Balaban J connectivity index is 1.76. The summed E-state index contributed by atoms with van der Waals surface area (Å²) in [5.74, 6) is 0.589. The third-order valence-electron chi connectivity index (χ3n) is 4.35. The lowest BCUT2D eigenvalue weighted by molar-refractivity contribution is 0.641. The predicted molar refractivity (Wildman–Crippen MR) is 104 cm³/mol. The molecule has 25 heavy (non-hydrogen) atoms. The normalized spacial score (nSPS) is 11.4. The average molecular weight is 389 g/mol. The fourth-order valence-corrected chi connectivity index (χ4v) is 3.79. The first-order chi connectivity index (χ1) is 12.3. The van der Waals surface area contributed by atoms with Gasteiger partial charge in [-0.05, 0) is 39.2 Å². The van der Waals surface area contributed by atoms with Gasteiger partial charge in [0, 0.05) is 5.56 Å². The summed E-state index contributed by atoms with van der Waals surface area (Å²) in [6.45, 7) is 0. The standard InChI is InChI=1S/C21H13BrN2O/c22-20-19(15-9-5-2-6-10-15)23-21-24(20)17-13-16(11-12-18(17)25-21)14-7-3-1-4-8-14/h1-13H. The van der Waals surface area contributed by atoms with Crippen molar-refractivity contribution in [3.8, 4) is 22.4 Å². The van der Waals surface area contributed by atoms with Gasteiger partial charge in [-0.15, -0.1) is 0 Å². The van der Waals surface area contributed by atoms with Crippen molar-refractivity contribution in [2.24, 2.45) is 0 Å². The van der Waals surface area contributed by atoms with Crippen LogP contribution in [0.4, 0.5) is 0 Å². The van der Waals surface area contributed by atoms with Gasteiger partial charge < -0.3 is 4.42 Å². The maximum atomic E-state index is 5.95. The molecule has 0 aliphatic heterocycles. The highest BCUT2D eigenvalue weighted by Crippen LogP contribution is 2.34. The van der Waals surface area contributed by atoms with Gasteiger partial charge in [-0.3, -0.25) is 4.40 Å². The Bertz CT molecular complexity index is 1190. The maximum absolute atomic E-state index is 5.95. The van der Waals surface area contributed by atoms with Crippen LogP contribution in [-0.2, 0) is 0 Å². The van der Waals surface area contributed by atoms with Crippen LogP contribution < -0.4 is 0 Å². The van der Waals surface area contributed by atoms with E-state index in [4.69, 9.17) is 4.42 Å². The molecular formula is C21H13BrN2O. The number of hydrogen-bond acceptors (Lipinski definition) is 2. The number of imidazole rings is 1. The van der Waals surface area contributed by atoms with E-state index in [2.05, 4.69) is 45.2 Å². The summed E-state index contributed by atoms with van der Waals surface area (Å²) in [7, 11) is 0. The lowest BCUT2D eigenvalue weighted by Gasteiger charge is -2.02. The van der Waals surface area contributed by atoms with Gasteiger partial charge in [0.15, 0.2) is 5.58 Å². The molecule has 0 fully saturated rings. The van der Waals surface area contributed by atoms with E-state index >= 15 is 0 Å². The average Bonchev–Trinajstić information content (AvgIpc) is 3.19. The summed E-state index contributed by atoms with van der Waals surface area (Å²) >= 11 is 3.71. The Morgan fingerprint density at radius 1 is 0.760 bits per heavy atom. The maximum Gasteiger partial charge on any atom is 0.308 e. The molecule has 0 bridgehead atoms. The molecule has 3 aromatic carbocycles. The Kier molecular flexibility index (Phi) is 3.25. The van der Waals surface area contributed by atoms with Crippen LogP contribution in [0.5, 0.6) is 0 Å². The first kappa shape index (κ1) is 14.5. The van der Waals surface area contributed by atoms with Gasteiger partial charge in [-0.2, -0.15) is 4.98 Å². The van der Waals surface area contributed by atoms with E-state index in [0.717, 1.165) is 32.5 Å². The second-order valence-corrected chi connectivity index (χ2v) is 6.64. The SMILES string of the molecule is Brc1c(-c2ccccc2)nc2oc3ccc(-c4ccccc4)cc3n12. The van der Waals surface area contributed by atoms with E-state index < -0.39 is 0 Å². The highest BCUT2D eigenvalue weighted by Gasteiger charge is 2.18. The molecule has 0 radical (unpaired) electrons. The molecule has 3 nitrogen and oxygen atoms in total. The monoisotopic (exact) mass is 388 g/mol. The summed E-state index contributed by atoms with van der Waals surface area (Å²) in [5.41, 5.74) is 6.09. The number of fused-ring (bicyclic) bond motifs is 3. The molecule has 0 saturated carbocycles. The third kappa shape index (κ3) is 2.29. The van der Waals surface area contributed by atoms with Crippen LogP contribution in [0.3, 0.4) is 0 Å². The molecule has 0 aliphatic rings. The van der Waals surface area contributed by atoms with E-state index in [9.17, 15) is 0 Å². The number of halogens is 1. The van der Waals surface area contributed by atoms with E-state index in [1.807, 2.05) is 59.0 Å². The molecule has 0 saturated heterocycles. The topological polar surface area (TPSA) is 30.4 Å². The van der Waals surface area contributed by atoms with Crippen molar-refractivity contribution >= 4 is 32.9 Å². The highest BCUT2D eigenvalue weighted by atomic mass is 79.9. The fourth-order valence-electron chi connectivity index (χ4n) is 3.13. The molecule has 120 valence electrons. The van der Waals surface area contributed by atoms with Gasteiger partial charge in [-0.1, -0.05) is 66.7 Å². The molecule has 0 spiro atoms. The minimum absolute atomic E-state index is 0.589. The zero-order valence-corrected chi connectivity index (χ0v) is 14.8. The van der Waals surface area contributed by atoms with Gasteiger partial charge in [0.1, 0.15) is 10.3 Å². The molecule has 0 amide bonds. The molecule has 4 heteroatoms. The molecule has 2 aromatic heterocycles. The fraction of sp³-hybridized carbons (Fsp3) is 0. The smallest absolute Gasteiger partial charge is 0.308 e. The zero-order chi connectivity index (χ0) is 16.8. The lowest BCUT2D eigenvalue weighted by Crippen LogP contribution is -1.84. The van der Waals surface area contributed by atoms with Crippen LogP contribution in [0.25, 0.3) is 39.3 Å². The van der Waals surface area contributed by atoms with E-state index in [1.54, 1.807) is 0 Å². The van der Waals surface area contributed by atoms with Gasteiger partial charge >= 0.3 is 5.84 Å². The van der Waals surface area contributed by atoms with Gasteiger partial charge in [-0.25, -0.2) is 0 Å². The van der Waals surface area contributed by atoms with Crippen LogP contribution in [0, 0.1) is 0 Å². The number of benzene rings is 3. The van der Waals surface area contributed by atoms with Crippen LogP contribution in [0.15, 0.2) is 87.9 Å². The van der Waals surface area contributed by atoms with Crippen molar-refractivity contribution in [1.29, 1.82) is 0 Å². The second-order valence-electron chi connectivity index (χ2n) is 5.89. The lowest BCUT2D eigenvalue weighted by atomic mass is 10.1. The highest BCUT2D eigenvalue weighted by molar-refractivity contribution is 9.10. The molecule has 0 N–H and O–H groups in total. The number of rotatable bonds is 2. The van der Waals surface area contributed by atoms with Crippen LogP contribution in [0.1, 0.15) is 0 Å². The first-order valence-corrected chi connectivity index (χ1v) is 8.82. The van der Waals surface area contributed by atoms with Crippen molar-refractivity contribution in [2.75, 3.05) is 0 Å². The summed E-state index contributed by atoms with van der Waals surface area (Å²) in [4.78, 5) is 4.67. The zero-order valence-electron chi connectivity index (χ0n) is 13.2. The Morgan fingerprint density at radius 3 is 2.16 bits per heavy atom. The van der Waals surface area contributed by atoms with Crippen molar-refractivity contribution in [2.45, 2.75) is 0 Å².